The number of carbonyl (C=O) groups excluding carboxylic acids is 1. The smallest absolute Gasteiger partial charge is 0.136 e. The molecule has 1 atom stereocenters. The maximum absolute atomic E-state index is 10.2. The van der Waals surface area contributed by atoms with Crippen molar-refractivity contribution in [2.45, 2.75) is 26.3 Å². The summed E-state index contributed by atoms with van der Waals surface area (Å²) in [6.07, 6.45) is 1.89. The lowest BCUT2D eigenvalue weighted by molar-refractivity contribution is -0.109. The van der Waals surface area contributed by atoms with Crippen LogP contribution in [0.1, 0.15) is 20.3 Å². The average molecular weight is 129 g/mol. The van der Waals surface area contributed by atoms with E-state index in [1.54, 1.807) is 7.05 Å². The monoisotopic (exact) mass is 129 g/mol. The molecule has 0 amide bonds. The molecule has 0 heterocycles. The highest BCUT2D eigenvalue weighted by Crippen LogP contribution is 2.01. The Balaban J connectivity index is 3.42. The average Bonchev–Trinajstić information content (AvgIpc) is 1.82. The maximum atomic E-state index is 10.2. The predicted molar refractivity (Wildman–Crippen MR) is 38.4 cm³/mol. The second-order valence-electron chi connectivity index (χ2n) is 2.66. The lowest BCUT2D eigenvalue weighted by Gasteiger charge is -2.10. The van der Waals surface area contributed by atoms with Gasteiger partial charge in [-0.25, -0.2) is 0 Å². The molecule has 0 aliphatic carbocycles. The summed E-state index contributed by atoms with van der Waals surface area (Å²) in [7, 11) is 1.81. The van der Waals surface area contributed by atoms with E-state index in [1.807, 2.05) is 0 Å². The fraction of sp³-hybridized carbons (Fsp3) is 0.857. The Labute approximate surface area is 56.6 Å². The van der Waals surface area contributed by atoms with Gasteiger partial charge < -0.3 is 10.1 Å². The van der Waals surface area contributed by atoms with Crippen LogP contribution in [0.15, 0.2) is 0 Å². The highest BCUT2D eigenvalue weighted by molar-refractivity contribution is 5.57. The van der Waals surface area contributed by atoms with Gasteiger partial charge in [-0.3, -0.25) is 0 Å². The van der Waals surface area contributed by atoms with Gasteiger partial charge in [0, 0.05) is 0 Å². The molecule has 0 rings (SSSR count). The normalized spacial score (nSPS) is 13.8. The summed E-state index contributed by atoms with van der Waals surface area (Å²) >= 11 is 0. The van der Waals surface area contributed by atoms with Crippen LogP contribution >= 0.6 is 0 Å². The summed E-state index contributed by atoms with van der Waals surface area (Å²) in [4.78, 5) is 10.2. The van der Waals surface area contributed by atoms with Gasteiger partial charge in [-0.2, -0.15) is 0 Å². The zero-order valence-corrected chi connectivity index (χ0v) is 6.35. The largest absolute Gasteiger partial charge is 0.311 e. The molecule has 0 bridgehead atoms. The van der Waals surface area contributed by atoms with E-state index in [-0.39, 0.29) is 6.04 Å². The van der Waals surface area contributed by atoms with Crippen molar-refractivity contribution in [3.8, 4) is 0 Å². The first-order chi connectivity index (χ1) is 4.20. The Kier molecular flexibility index (Phi) is 4.32. The van der Waals surface area contributed by atoms with Gasteiger partial charge in [0.15, 0.2) is 0 Å². The van der Waals surface area contributed by atoms with E-state index in [4.69, 9.17) is 0 Å². The maximum Gasteiger partial charge on any atom is 0.136 e. The van der Waals surface area contributed by atoms with Crippen molar-refractivity contribution in [1.82, 2.24) is 5.32 Å². The summed E-state index contributed by atoms with van der Waals surface area (Å²) in [5, 5.41) is 2.92. The number of aldehydes is 1. The summed E-state index contributed by atoms with van der Waals surface area (Å²) < 4.78 is 0. The van der Waals surface area contributed by atoms with Crippen LogP contribution in [0.3, 0.4) is 0 Å². The van der Waals surface area contributed by atoms with Crippen LogP contribution in [0, 0.1) is 5.92 Å². The third kappa shape index (κ3) is 4.15. The van der Waals surface area contributed by atoms with E-state index in [9.17, 15) is 4.79 Å². The summed E-state index contributed by atoms with van der Waals surface area (Å²) in [5.41, 5.74) is 0. The quantitative estimate of drug-likeness (QED) is 0.569. The molecule has 1 N–H and O–H groups in total. The van der Waals surface area contributed by atoms with Gasteiger partial charge in [0.2, 0.25) is 0 Å². The van der Waals surface area contributed by atoms with E-state index >= 15 is 0 Å². The third-order valence-electron chi connectivity index (χ3n) is 1.26. The molecule has 0 fully saturated rings. The lowest BCUT2D eigenvalue weighted by atomic mass is 10.1. The Bertz CT molecular complexity index is 81.0. The minimum Gasteiger partial charge on any atom is -0.311 e. The molecule has 0 aromatic carbocycles. The topological polar surface area (TPSA) is 29.1 Å². The molecular formula is C7H15NO. The summed E-state index contributed by atoms with van der Waals surface area (Å²) in [5.74, 6) is 0.590. The van der Waals surface area contributed by atoms with Crippen molar-refractivity contribution in [1.29, 1.82) is 0 Å². The van der Waals surface area contributed by atoms with Crippen molar-refractivity contribution >= 4 is 6.29 Å². The zero-order chi connectivity index (χ0) is 7.28. The second kappa shape index (κ2) is 4.50. The molecule has 0 aromatic rings. The Hall–Kier alpha value is -0.370. The molecule has 0 radical (unpaired) electrons. The number of hydrogen-bond acceptors (Lipinski definition) is 2. The molecule has 0 spiro atoms. The van der Waals surface area contributed by atoms with E-state index in [2.05, 4.69) is 19.2 Å². The van der Waals surface area contributed by atoms with Crippen molar-refractivity contribution < 1.29 is 4.79 Å². The van der Waals surface area contributed by atoms with Crippen LogP contribution in [-0.4, -0.2) is 19.4 Å². The first-order valence-corrected chi connectivity index (χ1v) is 3.33. The van der Waals surface area contributed by atoms with E-state index in [0.717, 1.165) is 12.7 Å². The number of carbonyl (C=O) groups is 1. The highest BCUT2D eigenvalue weighted by Gasteiger charge is 2.04. The van der Waals surface area contributed by atoms with Gasteiger partial charge in [0.1, 0.15) is 6.29 Å². The number of hydrogen-bond donors (Lipinski definition) is 1. The molecule has 0 unspecified atom stereocenters. The number of rotatable bonds is 4. The van der Waals surface area contributed by atoms with Crippen LogP contribution in [0.4, 0.5) is 0 Å². The van der Waals surface area contributed by atoms with Gasteiger partial charge in [-0.1, -0.05) is 13.8 Å². The summed E-state index contributed by atoms with van der Waals surface area (Å²) in [6, 6.07) is 0.0463. The van der Waals surface area contributed by atoms with E-state index in [0.29, 0.717) is 5.92 Å². The summed E-state index contributed by atoms with van der Waals surface area (Å²) in [6.45, 7) is 4.21. The molecular weight excluding hydrogens is 114 g/mol. The molecule has 0 saturated carbocycles. The van der Waals surface area contributed by atoms with Crippen molar-refractivity contribution in [3.05, 3.63) is 0 Å². The second-order valence-corrected chi connectivity index (χ2v) is 2.66. The fourth-order valence-electron chi connectivity index (χ4n) is 0.749. The van der Waals surface area contributed by atoms with E-state index in [1.165, 1.54) is 0 Å². The molecule has 0 aliphatic heterocycles. The van der Waals surface area contributed by atoms with Crippen molar-refractivity contribution in [2.75, 3.05) is 7.05 Å². The van der Waals surface area contributed by atoms with E-state index < -0.39 is 0 Å². The highest BCUT2D eigenvalue weighted by atomic mass is 16.1. The van der Waals surface area contributed by atoms with Crippen LogP contribution in [0.2, 0.25) is 0 Å². The number of likely N-dealkylation sites (N-methyl/N-ethyl adjacent to an activating group) is 1. The minimum absolute atomic E-state index is 0.0463. The number of nitrogens with one attached hydrogen (secondary N) is 1. The first kappa shape index (κ1) is 8.63. The lowest BCUT2D eigenvalue weighted by Crippen LogP contribution is -2.27. The Morgan fingerprint density at radius 3 is 2.22 bits per heavy atom. The predicted octanol–water partition coefficient (Wildman–Crippen LogP) is 0.819. The SMILES string of the molecule is CN[C@@H](C=O)CC(C)C. The molecule has 2 heteroatoms. The van der Waals surface area contributed by atoms with Gasteiger partial charge in [0.05, 0.1) is 6.04 Å². The molecule has 2 nitrogen and oxygen atoms in total. The molecule has 0 aliphatic rings. The van der Waals surface area contributed by atoms with Gasteiger partial charge in [0.25, 0.3) is 0 Å². The van der Waals surface area contributed by atoms with Crippen molar-refractivity contribution in [3.63, 3.8) is 0 Å². The fourth-order valence-corrected chi connectivity index (χ4v) is 0.749. The molecule has 0 aromatic heterocycles. The Morgan fingerprint density at radius 1 is 1.56 bits per heavy atom. The van der Waals surface area contributed by atoms with Crippen LogP contribution in [-0.2, 0) is 4.79 Å². The van der Waals surface area contributed by atoms with Gasteiger partial charge >= 0.3 is 0 Å². The Morgan fingerprint density at radius 2 is 2.11 bits per heavy atom. The van der Waals surface area contributed by atoms with Crippen LogP contribution in [0.25, 0.3) is 0 Å². The standard InChI is InChI=1S/C7H15NO/c1-6(2)4-7(5-9)8-3/h5-8H,4H2,1-3H3/t7-/m1/s1. The molecule has 0 saturated heterocycles. The molecule has 9 heavy (non-hydrogen) atoms. The van der Waals surface area contributed by atoms with Crippen LogP contribution < -0.4 is 5.32 Å². The van der Waals surface area contributed by atoms with Gasteiger partial charge in [-0.05, 0) is 19.4 Å². The minimum atomic E-state index is 0.0463. The third-order valence-corrected chi connectivity index (χ3v) is 1.26. The van der Waals surface area contributed by atoms with Crippen LogP contribution in [0.5, 0.6) is 0 Å². The van der Waals surface area contributed by atoms with Crippen molar-refractivity contribution in [2.24, 2.45) is 5.92 Å². The van der Waals surface area contributed by atoms with Gasteiger partial charge in [-0.15, -0.1) is 0 Å². The first-order valence-electron chi connectivity index (χ1n) is 3.33. The molecule has 54 valence electrons. The zero-order valence-electron chi connectivity index (χ0n) is 6.35.